The number of anilines is 2. The molecule has 21 heavy (non-hydrogen) atoms. The van der Waals surface area contributed by atoms with Crippen LogP contribution in [-0.2, 0) is 0 Å². The van der Waals surface area contributed by atoms with Crippen LogP contribution in [0.15, 0.2) is 18.2 Å². The molecule has 1 aliphatic rings. The van der Waals surface area contributed by atoms with E-state index in [9.17, 15) is 23.1 Å². The van der Waals surface area contributed by atoms with Gasteiger partial charge in [0.2, 0.25) is 0 Å². The van der Waals surface area contributed by atoms with Crippen LogP contribution in [0.1, 0.15) is 10.4 Å². The van der Waals surface area contributed by atoms with Gasteiger partial charge in [-0.25, -0.2) is 4.79 Å². The van der Waals surface area contributed by atoms with Crippen LogP contribution in [0.4, 0.5) is 24.5 Å². The molecule has 1 aromatic carbocycles. The lowest BCUT2D eigenvalue weighted by atomic mass is 10.1. The second-order valence-electron chi connectivity index (χ2n) is 4.96. The molecule has 1 aliphatic heterocycles. The zero-order valence-corrected chi connectivity index (χ0v) is 11.2. The fraction of sp³-hybridized carbons (Fsp3) is 0.462. The highest BCUT2D eigenvalue weighted by atomic mass is 19.4. The molecule has 5 nitrogen and oxygen atoms in total. The number of nitrogens with two attached hydrogens (primary N) is 1. The molecule has 1 fully saturated rings. The lowest BCUT2D eigenvalue weighted by Gasteiger charge is -2.36. The Bertz CT molecular complexity index is 526. The summed E-state index contributed by atoms with van der Waals surface area (Å²) in [5.74, 6) is -1.10. The van der Waals surface area contributed by atoms with Gasteiger partial charge in [0.15, 0.2) is 0 Å². The first-order chi connectivity index (χ1) is 9.76. The maximum Gasteiger partial charge on any atom is 0.401 e. The van der Waals surface area contributed by atoms with Crippen LogP contribution in [0.25, 0.3) is 0 Å². The molecule has 0 amide bonds. The molecule has 1 heterocycles. The monoisotopic (exact) mass is 303 g/mol. The third-order valence-electron chi connectivity index (χ3n) is 3.37. The Hall–Kier alpha value is -1.96. The van der Waals surface area contributed by atoms with Gasteiger partial charge >= 0.3 is 12.1 Å². The normalized spacial score (nSPS) is 17.0. The summed E-state index contributed by atoms with van der Waals surface area (Å²) in [5.41, 5.74) is 6.47. The number of halogens is 3. The predicted octanol–water partition coefficient (Wildman–Crippen LogP) is 1.65. The Morgan fingerprint density at radius 1 is 1.24 bits per heavy atom. The average Bonchev–Trinajstić information content (AvgIpc) is 2.38. The summed E-state index contributed by atoms with van der Waals surface area (Å²) in [4.78, 5) is 14.3. The number of hydrogen-bond acceptors (Lipinski definition) is 4. The molecule has 0 unspecified atom stereocenters. The highest BCUT2D eigenvalue weighted by Gasteiger charge is 2.32. The van der Waals surface area contributed by atoms with Gasteiger partial charge < -0.3 is 15.7 Å². The van der Waals surface area contributed by atoms with E-state index in [0.717, 1.165) is 0 Å². The van der Waals surface area contributed by atoms with Crippen LogP contribution < -0.4 is 10.6 Å². The number of rotatable bonds is 3. The van der Waals surface area contributed by atoms with Gasteiger partial charge in [-0.05, 0) is 18.2 Å². The van der Waals surface area contributed by atoms with Gasteiger partial charge in [-0.1, -0.05) is 0 Å². The number of piperazine rings is 1. The molecule has 0 bridgehead atoms. The molecular weight excluding hydrogens is 287 g/mol. The Balaban J connectivity index is 2.07. The number of nitrogens with zero attached hydrogens (tertiary/aromatic N) is 2. The molecule has 0 aliphatic carbocycles. The van der Waals surface area contributed by atoms with E-state index in [1.54, 1.807) is 17.0 Å². The Morgan fingerprint density at radius 2 is 1.86 bits per heavy atom. The number of benzene rings is 1. The Labute approximate surface area is 119 Å². The number of alkyl halides is 3. The van der Waals surface area contributed by atoms with Crippen molar-refractivity contribution < 1.29 is 23.1 Å². The number of aromatic carboxylic acids is 1. The molecule has 2 rings (SSSR count). The van der Waals surface area contributed by atoms with Crippen molar-refractivity contribution in [3.63, 3.8) is 0 Å². The minimum absolute atomic E-state index is 0.0688. The molecular formula is C13H16F3N3O2. The minimum atomic E-state index is -4.21. The zero-order valence-electron chi connectivity index (χ0n) is 11.2. The number of carboxylic acids is 1. The molecule has 1 aromatic rings. The van der Waals surface area contributed by atoms with E-state index in [2.05, 4.69) is 0 Å². The van der Waals surface area contributed by atoms with E-state index in [0.29, 0.717) is 24.5 Å². The van der Waals surface area contributed by atoms with E-state index in [-0.39, 0.29) is 18.7 Å². The summed E-state index contributed by atoms with van der Waals surface area (Å²) in [5, 5.41) is 9.18. The number of carbonyl (C=O) groups is 1. The number of nitrogen functional groups attached to an aromatic ring is 1. The van der Waals surface area contributed by atoms with E-state index in [4.69, 9.17) is 5.73 Å². The van der Waals surface area contributed by atoms with Gasteiger partial charge in [0, 0.05) is 31.9 Å². The maximum atomic E-state index is 12.3. The molecule has 1 saturated heterocycles. The Kier molecular flexibility index (Phi) is 4.26. The molecule has 116 valence electrons. The summed E-state index contributed by atoms with van der Waals surface area (Å²) in [7, 11) is 0. The van der Waals surface area contributed by atoms with Gasteiger partial charge in [0.05, 0.1) is 17.8 Å². The van der Waals surface area contributed by atoms with E-state index < -0.39 is 18.7 Å². The van der Waals surface area contributed by atoms with Crippen molar-refractivity contribution in [2.24, 2.45) is 0 Å². The zero-order chi connectivity index (χ0) is 15.6. The lowest BCUT2D eigenvalue weighted by Crippen LogP contribution is -2.49. The third-order valence-corrected chi connectivity index (χ3v) is 3.37. The Morgan fingerprint density at radius 3 is 2.38 bits per heavy atom. The van der Waals surface area contributed by atoms with Crippen LogP contribution >= 0.6 is 0 Å². The van der Waals surface area contributed by atoms with E-state index in [1.807, 2.05) is 0 Å². The first-order valence-corrected chi connectivity index (χ1v) is 6.43. The third kappa shape index (κ3) is 4.01. The van der Waals surface area contributed by atoms with Crippen molar-refractivity contribution in [2.45, 2.75) is 6.18 Å². The molecule has 0 spiro atoms. The van der Waals surface area contributed by atoms with Crippen molar-refractivity contribution in [2.75, 3.05) is 43.4 Å². The molecule has 0 saturated carbocycles. The van der Waals surface area contributed by atoms with Crippen molar-refractivity contribution in [1.29, 1.82) is 0 Å². The first kappa shape index (κ1) is 15.4. The van der Waals surface area contributed by atoms with E-state index >= 15 is 0 Å². The summed E-state index contributed by atoms with van der Waals surface area (Å²) < 4.78 is 37.0. The largest absolute Gasteiger partial charge is 0.478 e. The molecule has 0 aromatic heterocycles. The average molecular weight is 303 g/mol. The van der Waals surface area contributed by atoms with Crippen LogP contribution in [0.3, 0.4) is 0 Å². The van der Waals surface area contributed by atoms with Crippen LogP contribution in [0.2, 0.25) is 0 Å². The fourth-order valence-corrected chi connectivity index (χ4v) is 2.40. The topological polar surface area (TPSA) is 69.8 Å². The quantitative estimate of drug-likeness (QED) is 0.831. The highest BCUT2D eigenvalue weighted by molar-refractivity contribution is 5.95. The lowest BCUT2D eigenvalue weighted by molar-refractivity contribution is -0.146. The second kappa shape index (κ2) is 5.80. The van der Waals surface area contributed by atoms with Crippen molar-refractivity contribution >= 4 is 17.3 Å². The van der Waals surface area contributed by atoms with Crippen molar-refractivity contribution in [3.05, 3.63) is 23.8 Å². The maximum absolute atomic E-state index is 12.3. The van der Waals surface area contributed by atoms with Gasteiger partial charge in [-0.2, -0.15) is 13.2 Å². The SMILES string of the molecule is Nc1ccc(N2CCN(CC(F)(F)F)CC2)c(C(=O)O)c1. The summed E-state index contributed by atoms with van der Waals surface area (Å²) in [6.45, 7) is 0.237. The van der Waals surface area contributed by atoms with Crippen LogP contribution in [0, 0.1) is 0 Å². The highest BCUT2D eigenvalue weighted by Crippen LogP contribution is 2.25. The minimum Gasteiger partial charge on any atom is -0.478 e. The summed E-state index contributed by atoms with van der Waals surface area (Å²) in [6, 6.07) is 4.54. The van der Waals surface area contributed by atoms with Gasteiger partial charge in [-0.3, -0.25) is 4.90 Å². The van der Waals surface area contributed by atoms with Gasteiger partial charge in [0.25, 0.3) is 0 Å². The fourth-order valence-electron chi connectivity index (χ4n) is 2.40. The van der Waals surface area contributed by atoms with Crippen molar-refractivity contribution in [1.82, 2.24) is 4.90 Å². The molecule has 0 atom stereocenters. The molecule has 3 N–H and O–H groups in total. The molecule has 0 radical (unpaired) electrons. The first-order valence-electron chi connectivity index (χ1n) is 6.43. The van der Waals surface area contributed by atoms with Gasteiger partial charge in [-0.15, -0.1) is 0 Å². The van der Waals surface area contributed by atoms with Crippen LogP contribution in [0.5, 0.6) is 0 Å². The summed E-state index contributed by atoms with van der Waals surface area (Å²) >= 11 is 0. The second-order valence-corrected chi connectivity index (χ2v) is 4.96. The van der Waals surface area contributed by atoms with Crippen LogP contribution in [-0.4, -0.2) is 54.9 Å². The predicted molar refractivity (Wildman–Crippen MR) is 72.5 cm³/mol. The van der Waals surface area contributed by atoms with E-state index in [1.165, 1.54) is 11.0 Å². The summed E-state index contributed by atoms with van der Waals surface area (Å²) in [6.07, 6.45) is -4.21. The number of hydrogen-bond donors (Lipinski definition) is 2. The smallest absolute Gasteiger partial charge is 0.401 e. The molecule has 8 heteroatoms. The standard InChI is InChI=1S/C13H16F3N3O2/c14-13(15,16)8-18-3-5-19(6-4-18)11-2-1-9(17)7-10(11)12(20)21/h1-2,7H,3-6,8,17H2,(H,20,21). The number of carboxylic acid groups (broad SMARTS) is 1. The van der Waals surface area contributed by atoms with Gasteiger partial charge in [0.1, 0.15) is 0 Å². The van der Waals surface area contributed by atoms with Crippen molar-refractivity contribution in [3.8, 4) is 0 Å².